The number of unbranched alkanes of at least 4 members (excludes halogenated alkanes) is 2. The summed E-state index contributed by atoms with van der Waals surface area (Å²) in [5.74, 6) is 0.00414. The number of ether oxygens (including phenoxy) is 1. The van der Waals surface area contributed by atoms with Gasteiger partial charge in [-0.3, -0.25) is 4.79 Å². The Balaban J connectivity index is 1.91. The highest BCUT2D eigenvalue weighted by molar-refractivity contribution is 7.09. The molecule has 2 rings (SSSR count). The van der Waals surface area contributed by atoms with Gasteiger partial charge in [-0.2, -0.15) is 0 Å². The van der Waals surface area contributed by atoms with Crippen molar-refractivity contribution in [2.45, 2.75) is 51.3 Å². The second kappa shape index (κ2) is 12.4. The van der Waals surface area contributed by atoms with E-state index < -0.39 is 6.17 Å². The molecular formula is C22H29ClFO3P. The molecule has 6 heteroatoms. The second-order valence-electron chi connectivity index (χ2n) is 7.09. The largest absolute Gasteiger partial charge is 0.485 e. The Bertz CT molecular complexity index is 680. The molecule has 1 aliphatic rings. The van der Waals surface area contributed by atoms with E-state index in [9.17, 15) is 9.18 Å². The highest BCUT2D eigenvalue weighted by atomic mass is 35.5. The van der Waals surface area contributed by atoms with Crippen LogP contribution in [0.2, 0.25) is 5.02 Å². The third-order valence-electron chi connectivity index (χ3n) is 5.00. The van der Waals surface area contributed by atoms with E-state index >= 15 is 0 Å². The lowest BCUT2D eigenvalue weighted by atomic mass is 9.90. The Hall–Kier alpha value is -1.22. The Morgan fingerprint density at radius 2 is 2.21 bits per heavy atom. The van der Waals surface area contributed by atoms with Crippen LogP contribution in [0.25, 0.3) is 0 Å². The smallest absolute Gasteiger partial charge is 0.192 e. The van der Waals surface area contributed by atoms with Crippen LogP contribution in [0.3, 0.4) is 0 Å². The molecule has 1 aromatic carbocycles. The van der Waals surface area contributed by atoms with Crippen molar-refractivity contribution in [3.05, 3.63) is 53.6 Å². The van der Waals surface area contributed by atoms with Gasteiger partial charge in [0.1, 0.15) is 11.9 Å². The van der Waals surface area contributed by atoms with Crippen LogP contribution >= 0.6 is 21.1 Å². The maximum absolute atomic E-state index is 14.5. The first-order chi connectivity index (χ1) is 13.5. The average molecular weight is 427 g/mol. The number of carbonyl (C=O) groups excluding carboxylic acids is 1. The minimum absolute atomic E-state index is 0.0169. The summed E-state index contributed by atoms with van der Waals surface area (Å²) in [6, 6.07) is 6.87. The maximum atomic E-state index is 14.5. The first-order valence-corrected chi connectivity index (χ1v) is 10.6. The first-order valence-electron chi connectivity index (χ1n) is 9.79. The highest BCUT2D eigenvalue weighted by Gasteiger charge is 2.41. The molecule has 0 radical (unpaired) electrons. The topological polar surface area (TPSA) is 35.5 Å². The number of alkyl halides is 1. The van der Waals surface area contributed by atoms with Gasteiger partial charge < -0.3 is 9.26 Å². The van der Waals surface area contributed by atoms with E-state index in [1.165, 1.54) is 6.08 Å². The molecule has 0 N–H and O–H groups in total. The number of rotatable bonds is 11. The molecule has 1 fully saturated rings. The molecule has 0 spiro atoms. The molecule has 28 heavy (non-hydrogen) atoms. The highest BCUT2D eigenvalue weighted by Crippen LogP contribution is 2.40. The van der Waals surface area contributed by atoms with Crippen LogP contribution in [-0.4, -0.2) is 24.7 Å². The third-order valence-corrected chi connectivity index (χ3v) is 5.59. The number of carbonyl (C=O) groups is 1. The van der Waals surface area contributed by atoms with E-state index in [0.717, 1.165) is 25.7 Å². The van der Waals surface area contributed by atoms with E-state index in [1.807, 2.05) is 0 Å². The molecule has 0 amide bonds. The molecule has 0 aliphatic heterocycles. The number of allylic oxidation sites excluding steroid dienone is 3. The van der Waals surface area contributed by atoms with Crippen molar-refractivity contribution in [1.29, 1.82) is 0 Å². The van der Waals surface area contributed by atoms with Gasteiger partial charge in [0.05, 0.1) is 6.10 Å². The van der Waals surface area contributed by atoms with Crippen LogP contribution < -0.4 is 4.74 Å². The molecule has 1 aromatic rings. The lowest BCUT2D eigenvalue weighted by Gasteiger charge is -2.20. The van der Waals surface area contributed by atoms with Crippen molar-refractivity contribution in [1.82, 2.24) is 0 Å². The summed E-state index contributed by atoms with van der Waals surface area (Å²) in [4.78, 5) is 12.1. The zero-order valence-electron chi connectivity index (χ0n) is 16.2. The second-order valence-corrected chi connectivity index (χ2v) is 7.80. The Morgan fingerprint density at radius 3 is 2.93 bits per heavy atom. The van der Waals surface area contributed by atoms with Crippen LogP contribution in [0.1, 0.15) is 39.0 Å². The van der Waals surface area contributed by atoms with Crippen LogP contribution in [0, 0.1) is 11.8 Å². The number of hydrogen-bond acceptors (Lipinski definition) is 3. The van der Waals surface area contributed by atoms with Gasteiger partial charge in [-0.15, -0.1) is 0 Å². The van der Waals surface area contributed by atoms with Gasteiger partial charge >= 0.3 is 0 Å². The van der Waals surface area contributed by atoms with Crippen LogP contribution in [0.4, 0.5) is 4.39 Å². The van der Waals surface area contributed by atoms with Crippen molar-refractivity contribution in [3.8, 4) is 5.75 Å². The fourth-order valence-electron chi connectivity index (χ4n) is 3.47. The quantitative estimate of drug-likeness (QED) is 0.185. The van der Waals surface area contributed by atoms with Crippen molar-refractivity contribution >= 4 is 26.9 Å². The van der Waals surface area contributed by atoms with E-state index in [2.05, 4.69) is 28.5 Å². The Morgan fingerprint density at radius 1 is 1.39 bits per heavy atom. The zero-order valence-corrected chi connectivity index (χ0v) is 18.1. The molecule has 1 aliphatic carbocycles. The van der Waals surface area contributed by atoms with Gasteiger partial charge in [0, 0.05) is 26.8 Å². The van der Waals surface area contributed by atoms with Crippen molar-refractivity contribution in [2.75, 3.05) is 6.61 Å². The average Bonchev–Trinajstić information content (AvgIpc) is 2.99. The molecule has 154 valence electrons. The first kappa shape index (κ1) is 23.1. The number of benzene rings is 1. The lowest BCUT2D eigenvalue weighted by Crippen LogP contribution is -2.20. The number of halogens is 2. The molecule has 0 saturated heterocycles. The molecule has 0 aromatic heterocycles. The van der Waals surface area contributed by atoms with Gasteiger partial charge in [0.2, 0.25) is 0 Å². The zero-order chi connectivity index (χ0) is 20.4. The summed E-state index contributed by atoms with van der Waals surface area (Å²) < 4.78 is 25.4. The molecule has 5 atom stereocenters. The fourth-order valence-corrected chi connectivity index (χ4v) is 3.96. The van der Waals surface area contributed by atoms with E-state index in [0.29, 0.717) is 17.2 Å². The van der Waals surface area contributed by atoms with Crippen molar-refractivity contribution < 1.29 is 18.4 Å². The summed E-state index contributed by atoms with van der Waals surface area (Å²) in [5, 5.41) is 0.546. The minimum atomic E-state index is -1.02. The molecule has 3 nitrogen and oxygen atoms in total. The fraction of sp³-hybridized carbons (Fsp3) is 0.500. The van der Waals surface area contributed by atoms with Crippen LogP contribution in [-0.2, 0) is 9.32 Å². The molecule has 1 saturated carbocycles. The van der Waals surface area contributed by atoms with Gasteiger partial charge in [0.15, 0.2) is 12.4 Å². The predicted molar refractivity (Wildman–Crippen MR) is 115 cm³/mol. The molecule has 0 heterocycles. The van der Waals surface area contributed by atoms with Gasteiger partial charge in [0.25, 0.3) is 0 Å². The normalized spacial score (nSPS) is 25.0. The Labute approximate surface area is 174 Å². The van der Waals surface area contributed by atoms with Gasteiger partial charge in [-0.05, 0) is 43.0 Å². The standard InChI is InChI=1S/C22H29ClFO3P/c1-2-3-4-5-6-10-20-19(21(24)14-22(20)27-28)12-11-17(25)15-26-18-9-7-8-16(23)13-18/h5-9,11-13,19-22H,2-4,10,14-15,28H2,1H3/b6-5-,12-11+/t19-,20-,21?,22?/m1/s1. The molecule has 3 unspecified atom stereocenters. The molecular weight excluding hydrogens is 398 g/mol. The van der Waals surface area contributed by atoms with Crippen LogP contribution in [0.5, 0.6) is 5.75 Å². The SMILES string of the molecule is CCCC/C=C\C[C@H]1C(OP)CC(F)[C@@H]1/C=C/C(=O)COc1cccc(Cl)c1. The van der Waals surface area contributed by atoms with E-state index in [1.54, 1.807) is 30.3 Å². The summed E-state index contributed by atoms with van der Waals surface area (Å²) in [6.45, 7) is 2.05. The minimum Gasteiger partial charge on any atom is -0.485 e. The summed E-state index contributed by atoms with van der Waals surface area (Å²) in [6.07, 6.45) is 10.6. The van der Waals surface area contributed by atoms with E-state index in [-0.39, 0.29) is 30.3 Å². The lowest BCUT2D eigenvalue weighted by molar-refractivity contribution is -0.116. The maximum Gasteiger partial charge on any atom is 0.192 e. The Kier molecular flexibility index (Phi) is 10.2. The summed E-state index contributed by atoms with van der Waals surface area (Å²) in [7, 11) is 2.25. The van der Waals surface area contributed by atoms with Crippen molar-refractivity contribution in [3.63, 3.8) is 0 Å². The van der Waals surface area contributed by atoms with Crippen LogP contribution in [0.15, 0.2) is 48.6 Å². The molecule has 0 bridgehead atoms. The van der Waals surface area contributed by atoms with Gasteiger partial charge in [-0.1, -0.05) is 55.7 Å². The number of hydrogen-bond donors (Lipinski definition) is 0. The number of ketones is 1. The van der Waals surface area contributed by atoms with Gasteiger partial charge in [-0.25, -0.2) is 4.39 Å². The predicted octanol–water partition coefficient (Wildman–Crippen LogP) is 6.13. The van der Waals surface area contributed by atoms with E-state index in [4.69, 9.17) is 20.9 Å². The van der Waals surface area contributed by atoms with Crippen molar-refractivity contribution in [2.24, 2.45) is 11.8 Å². The summed E-state index contributed by atoms with van der Waals surface area (Å²) >= 11 is 5.90. The monoisotopic (exact) mass is 426 g/mol. The summed E-state index contributed by atoms with van der Waals surface area (Å²) in [5.41, 5.74) is 0. The third kappa shape index (κ3) is 7.31.